The molecule has 0 bridgehead atoms. The van der Waals surface area contributed by atoms with Crippen LogP contribution in [0.5, 0.6) is 5.75 Å². The van der Waals surface area contributed by atoms with Crippen molar-refractivity contribution in [2.45, 2.75) is 12.8 Å². The van der Waals surface area contributed by atoms with E-state index < -0.39 is 0 Å². The van der Waals surface area contributed by atoms with E-state index in [-0.39, 0.29) is 5.88 Å². The number of benzene rings is 2. The molecule has 4 nitrogen and oxygen atoms in total. The van der Waals surface area contributed by atoms with Gasteiger partial charge in [-0.3, -0.25) is 0 Å². The van der Waals surface area contributed by atoms with Gasteiger partial charge in [0.25, 0.3) is 0 Å². The second-order valence-corrected chi connectivity index (χ2v) is 5.32. The first-order valence-corrected chi connectivity index (χ1v) is 7.40. The Morgan fingerprint density at radius 3 is 2.82 bits per heavy atom. The number of ether oxygens (including phenoxy) is 1. The Morgan fingerprint density at radius 2 is 2.09 bits per heavy atom. The number of nitrogens with zero attached hydrogens (tertiary/aromatic N) is 2. The van der Waals surface area contributed by atoms with Crippen LogP contribution in [0.15, 0.2) is 53.1 Å². The van der Waals surface area contributed by atoms with E-state index in [2.05, 4.69) is 16.7 Å². The lowest BCUT2D eigenvalue weighted by Crippen LogP contribution is -2.00. The van der Waals surface area contributed by atoms with E-state index in [1.807, 2.05) is 43.3 Å². The van der Waals surface area contributed by atoms with Gasteiger partial charge < -0.3 is 9.26 Å². The van der Waals surface area contributed by atoms with Gasteiger partial charge in [0.05, 0.1) is 5.56 Å². The fraction of sp³-hybridized carbons (Fsp3) is 0.176. The zero-order chi connectivity index (χ0) is 15.5. The summed E-state index contributed by atoms with van der Waals surface area (Å²) in [5.41, 5.74) is 1.74. The Hall–Kier alpha value is -2.33. The summed E-state index contributed by atoms with van der Waals surface area (Å²) in [7, 11) is 0. The van der Waals surface area contributed by atoms with Crippen LogP contribution in [0, 0.1) is 0 Å². The lowest BCUT2D eigenvalue weighted by Gasteiger charge is -2.12. The average molecular weight is 315 g/mol. The van der Waals surface area contributed by atoms with Crippen LogP contribution in [0.2, 0.25) is 0 Å². The highest BCUT2D eigenvalue weighted by molar-refractivity contribution is 6.16. The summed E-state index contributed by atoms with van der Waals surface area (Å²) in [6.45, 7) is 6.21. The molecule has 3 rings (SSSR count). The van der Waals surface area contributed by atoms with E-state index in [1.165, 1.54) is 0 Å². The summed E-state index contributed by atoms with van der Waals surface area (Å²) < 4.78 is 11.0. The van der Waals surface area contributed by atoms with Gasteiger partial charge in [-0.05, 0) is 29.3 Å². The average Bonchev–Trinajstić information content (AvgIpc) is 3.00. The molecule has 5 heteroatoms. The predicted molar refractivity (Wildman–Crippen MR) is 87.1 cm³/mol. The first kappa shape index (κ1) is 14.6. The van der Waals surface area contributed by atoms with E-state index in [1.54, 1.807) is 0 Å². The third-order valence-electron chi connectivity index (χ3n) is 3.17. The second-order valence-electron chi connectivity index (χ2n) is 5.05. The molecule has 0 atom stereocenters. The van der Waals surface area contributed by atoms with Crippen molar-refractivity contribution in [2.24, 2.45) is 0 Å². The molecule has 1 aromatic heterocycles. The molecular formula is C17H15ClN2O2. The standard InChI is InChI=1S/C17H15ClN2O2/c1-11(2)10-21-14-8-7-12-5-3-4-6-13(12)16(14)17-19-15(9-18)22-20-17/h3-8H,1,9-10H2,2H3. The van der Waals surface area contributed by atoms with E-state index in [0.717, 1.165) is 21.9 Å². The quantitative estimate of drug-likeness (QED) is 0.511. The number of hydrogen-bond acceptors (Lipinski definition) is 4. The molecule has 1 heterocycles. The van der Waals surface area contributed by atoms with Gasteiger partial charge in [-0.15, -0.1) is 11.6 Å². The van der Waals surface area contributed by atoms with E-state index >= 15 is 0 Å². The van der Waals surface area contributed by atoms with Crippen molar-refractivity contribution >= 4 is 22.4 Å². The van der Waals surface area contributed by atoms with Crippen LogP contribution >= 0.6 is 11.6 Å². The SMILES string of the molecule is C=C(C)COc1ccc2ccccc2c1-c1noc(CCl)n1. The summed E-state index contributed by atoms with van der Waals surface area (Å²) in [6.07, 6.45) is 0. The molecule has 0 radical (unpaired) electrons. The predicted octanol–water partition coefficient (Wildman–Crippen LogP) is 4.58. The molecule has 0 spiro atoms. The van der Waals surface area contributed by atoms with Crippen LogP contribution in [-0.2, 0) is 5.88 Å². The minimum Gasteiger partial charge on any atom is -0.488 e. The highest BCUT2D eigenvalue weighted by atomic mass is 35.5. The first-order valence-electron chi connectivity index (χ1n) is 6.87. The topological polar surface area (TPSA) is 48.2 Å². The third-order valence-corrected chi connectivity index (χ3v) is 3.40. The molecule has 0 saturated heterocycles. The molecular weight excluding hydrogens is 300 g/mol. The molecule has 22 heavy (non-hydrogen) atoms. The van der Waals surface area contributed by atoms with E-state index in [9.17, 15) is 0 Å². The van der Waals surface area contributed by atoms with Crippen LogP contribution in [0.1, 0.15) is 12.8 Å². The lowest BCUT2D eigenvalue weighted by atomic mass is 10.0. The van der Waals surface area contributed by atoms with Crippen LogP contribution in [0.4, 0.5) is 0 Å². The van der Waals surface area contributed by atoms with Crippen LogP contribution < -0.4 is 4.74 Å². The first-order chi connectivity index (χ1) is 10.7. The normalized spacial score (nSPS) is 10.8. The fourth-order valence-corrected chi connectivity index (χ4v) is 2.32. The van der Waals surface area contributed by atoms with Gasteiger partial charge in [0, 0.05) is 0 Å². The van der Waals surface area contributed by atoms with Gasteiger partial charge in [-0.2, -0.15) is 4.98 Å². The van der Waals surface area contributed by atoms with Gasteiger partial charge in [-0.25, -0.2) is 0 Å². The number of halogens is 1. The molecule has 3 aromatic rings. The van der Waals surface area contributed by atoms with Crippen molar-refractivity contribution in [3.8, 4) is 17.1 Å². The molecule has 0 aliphatic heterocycles. The Balaban J connectivity index is 2.17. The summed E-state index contributed by atoms with van der Waals surface area (Å²) in [5, 5.41) is 6.11. The van der Waals surface area contributed by atoms with Crippen LogP contribution in [-0.4, -0.2) is 16.7 Å². The van der Waals surface area contributed by atoms with Gasteiger partial charge in [-0.1, -0.05) is 42.1 Å². The maximum absolute atomic E-state index is 5.85. The summed E-state index contributed by atoms with van der Waals surface area (Å²) >= 11 is 5.75. The van der Waals surface area contributed by atoms with Gasteiger partial charge in [0.15, 0.2) is 0 Å². The van der Waals surface area contributed by atoms with Gasteiger partial charge in [0.2, 0.25) is 11.7 Å². The molecule has 0 aliphatic rings. The number of hydrogen-bond donors (Lipinski definition) is 0. The minimum atomic E-state index is 0.180. The van der Waals surface area contributed by atoms with Crippen molar-refractivity contribution in [3.63, 3.8) is 0 Å². The van der Waals surface area contributed by atoms with Gasteiger partial charge in [0.1, 0.15) is 18.2 Å². The van der Waals surface area contributed by atoms with Crippen molar-refractivity contribution in [2.75, 3.05) is 6.61 Å². The number of rotatable bonds is 5. The highest BCUT2D eigenvalue weighted by Crippen LogP contribution is 2.35. The Kier molecular flexibility index (Phi) is 4.11. The van der Waals surface area contributed by atoms with Crippen molar-refractivity contribution < 1.29 is 9.26 Å². The summed E-state index contributed by atoms with van der Waals surface area (Å²) in [6, 6.07) is 11.9. The second kappa shape index (κ2) is 6.20. The maximum Gasteiger partial charge on any atom is 0.241 e. The summed E-state index contributed by atoms with van der Waals surface area (Å²) in [5.74, 6) is 1.74. The largest absolute Gasteiger partial charge is 0.488 e. The minimum absolute atomic E-state index is 0.180. The fourth-order valence-electron chi connectivity index (χ4n) is 2.21. The Morgan fingerprint density at radius 1 is 1.27 bits per heavy atom. The molecule has 0 N–H and O–H groups in total. The third kappa shape index (κ3) is 2.83. The maximum atomic E-state index is 5.85. The van der Waals surface area contributed by atoms with Gasteiger partial charge >= 0.3 is 0 Å². The molecule has 0 unspecified atom stereocenters. The highest BCUT2D eigenvalue weighted by Gasteiger charge is 2.17. The molecule has 0 fully saturated rings. The smallest absolute Gasteiger partial charge is 0.241 e. The van der Waals surface area contributed by atoms with Crippen molar-refractivity contribution in [3.05, 3.63) is 54.4 Å². The summed E-state index contributed by atoms with van der Waals surface area (Å²) in [4.78, 5) is 4.32. The molecule has 0 aliphatic carbocycles. The zero-order valence-corrected chi connectivity index (χ0v) is 12.9. The number of alkyl halides is 1. The number of aromatic nitrogens is 2. The van der Waals surface area contributed by atoms with Crippen LogP contribution in [0.3, 0.4) is 0 Å². The monoisotopic (exact) mass is 314 g/mol. The van der Waals surface area contributed by atoms with Crippen molar-refractivity contribution in [1.82, 2.24) is 10.1 Å². The Labute approximate surface area is 133 Å². The number of fused-ring (bicyclic) bond motifs is 1. The zero-order valence-electron chi connectivity index (χ0n) is 12.2. The van der Waals surface area contributed by atoms with E-state index in [0.29, 0.717) is 24.1 Å². The lowest BCUT2D eigenvalue weighted by molar-refractivity contribution is 0.353. The van der Waals surface area contributed by atoms with Crippen molar-refractivity contribution in [1.29, 1.82) is 0 Å². The molecule has 112 valence electrons. The molecule has 2 aromatic carbocycles. The Bertz CT molecular complexity index is 826. The molecule has 0 saturated carbocycles. The van der Waals surface area contributed by atoms with Crippen LogP contribution in [0.25, 0.3) is 22.2 Å². The molecule has 0 amide bonds. The van der Waals surface area contributed by atoms with E-state index in [4.69, 9.17) is 20.9 Å².